The molecule has 1 amide bonds. The number of nitrogens with one attached hydrogen (secondary N) is 2. The fraction of sp³-hybridized carbons (Fsp3) is 0.429. The van der Waals surface area contributed by atoms with Crippen molar-refractivity contribution >= 4 is 33.3 Å². The largest absolute Gasteiger partial charge is 0.358 e. The maximum atomic E-state index is 12.7. The summed E-state index contributed by atoms with van der Waals surface area (Å²) < 4.78 is 0. The minimum atomic E-state index is -0.109. The summed E-state index contributed by atoms with van der Waals surface area (Å²) in [5.74, 6) is 0.648. The topological polar surface area (TPSA) is 61.0 Å². The number of thiazole rings is 1. The molecule has 1 fully saturated rings. The van der Waals surface area contributed by atoms with Crippen LogP contribution in [0.3, 0.4) is 0 Å². The van der Waals surface area contributed by atoms with Gasteiger partial charge < -0.3 is 4.98 Å². The summed E-state index contributed by atoms with van der Waals surface area (Å²) in [6, 6.07) is 5.78. The highest BCUT2D eigenvalue weighted by atomic mass is 32.1. The average Bonchev–Trinajstić information content (AvgIpc) is 3.19. The smallest absolute Gasteiger partial charge is 0.257 e. The third-order valence-electron chi connectivity index (χ3n) is 5.47. The minimum absolute atomic E-state index is 0.109. The number of hydrogen-bond donors (Lipinski definition) is 2. The molecule has 1 aromatic carbocycles. The van der Waals surface area contributed by atoms with Gasteiger partial charge in [-0.05, 0) is 62.9 Å². The summed E-state index contributed by atoms with van der Waals surface area (Å²) in [6.07, 6.45) is 2.58. The van der Waals surface area contributed by atoms with Gasteiger partial charge in [0.05, 0.1) is 5.69 Å². The first-order valence-electron chi connectivity index (χ1n) is 9.56. The number of aryl methyl sites for hydroxylation is 2. The van der Waals surface area contributed by atoms with E-state index in [0.717, 1.165) is 47.8 Å². The van der Waals surface area contributed by atoms with Gasteiger partial charge in [-0.1, -0.05) is 6.92 Å². The van der Waals surface area contributed by atoms with Gasteiger partial charge in [0.15, 0.2) is 5.13 Å². The van der Waals surface area contributed by atoms with E-state index in [0.29, 0.717) is 10.7 Å². The SMILES string of the molecule is Cc1[nH]c2ccc(C(=O)Nc3nc(CN4CCC[C@@H](C)C4)cs3)cc2c1C. The molecule has 4 rings (SSSR count). The molecule has 5 nitrogen and oxygen atoms in total. The molecular weight excluding hydrogens is 356 g/mol. The van der Waals surface area contributed by atoms with Crippen LogP contribution in [-0.4, -0.2) is 33.9 Å². The molecule has 3 aromatic rings. The number of benzene rings is 1. The highest BCUT2D eigenvalue weighted by Gasteiger charge is 2.18. The Morgan fingerprint density at radius 3 is 3.07 bits per heavy atom. The Morgan fingerprint density at radius 1 is 1.41 bits per heavy atom. The summed E-state index contributed by atoms with van der Waals surface area (Å²) in [5.41, 5.74) is 5.09. The summed E-state index contributed by atoms with van der Waals surface area (Å²) in [6.45, 7) is 9.57. The van der Waals surface area contributed by atoms with Crippen LogP contribution in [0, 0.1) is 19.8 Å². The van der Waals surface area contributed by atoms with Crippen LogP contribution in [0.25, 0.3) is 10.9 Å². The van der Waals surface area contributed by atoms with E-state index in [1.54, 1.807) is 0 Å². The van der Waals surface area contributed by atoms with Gasteiger partial charge in [0.25, 0.3) is 5.91 Å². The van der Waals surface area contributed by atoms with Crippen LogP contribution >= 0.6 is 11.3 Å². The molecule has 1 atom stereocenters. The first kappa shape index (κ1) is 18.2. The number of anilines is 1. The Balaban J connectivity index is 1.44. The third kappa shape index (κ3) is 3.92. The lowest BCUT2D eigenvalue weighted by molar-refractivity contribution is 0.102. The molecule has 142 valence electrons. The minimum Gasteiger partial charge on any atom is -0.358 e. The highest BCUT2D eigenvalue weighted by molar-refractivity contribution is 7.14. The number of H-pyrrole nitrogens is 1. The maximum Gasteiger partial charge on any atom is 0.257 e. The van der Waals surface area contributed by atoms with Crippen molar-refractivity contribution < 1.29 is 4.79 Å². The van der Waals surface area contributed by atoms with Crippen LogP contribution in [0.1, 0.15) is 47.1 Å². The lowest BCUT2D eigenvalue weighted by Gasteiger charge is -2.30. The number of nitrogens with zero attached hydrogens (tertiary/aromatic N) is 2. The van der Waals surface area contributed by atoms with Crippen molar-refractivity contribution in [2.75, 3.05) is 18.4 Å². The van der Waals surface area contributed by atoms with Crippen LogP contribution in [0.15, 0.2) is 23.6 Å². The zero-order valence-electron chi connectivity index (χ0n) is 16.1. The third-order valence-corrected chi connectivity index (χ3v) is 6.28. The molecule has 0 aliphatic carbocycles. The molecule has 0 bridgehead atoms. The number of rotatable bonds is 4. The van der Waals surface area contributed by atoms with Crippen LogP contribution in [0.5, 0.6) is 0 Å². The second-order valence-electron chi connectivity index (χ2n) is 7.72. The van der Waals surface area contributed by atoms with Gasteiger partial charge >= 0.3 is 0 Å². The molecule has 2 N–H and O–H groups in total. The molecule has 0 radical (unpaired) electrons. The fourth-order valence-corrected chi connectivity index (χ4v) is 4.56. The second kappa shape index (κ2) is 7.44. The summed E-state index contributed by atoms with van der Waals surface area (Å²) in [7, 11) is 0. The maximum absolute atomic E-state index is 12.7. The molecule has 27 heavy (non-hydrogen) atoms. The van der Waals surface area contributed by atoms with E-state index >= 15 is 0 Å². The van der Waals surface area contributed by atoms with Gasteiger partial charge in [0.2, 0.25) is 0 Å². The number of piperidine rings is 1. The molecule has 3 heterocycles. The lowest BCUT2D eigenvalue weighted by atomic mass is 10.0. The van der Waals surface area contributed by atoms with E-state index < -0.39 is 0 Å². The van der Waals surface area contributed by atoms with Crippen LogP contribution in [0.2, 0.25) is 0 Å². The van der Waals surface area contributed by atoms with E-state index in [2.05, 4.69) is 46.3 Å². The first-order valence-corrected chi connectivity index (χ1v) is 10.4. The van der Waals surface area contributed by atoms with Gasteiger partial charge in [-0.3, -0.25) is 15.0 Å². The van der Waals surface area contributed by atoms with Gasteiger partial charge in [-0.25, -0.2) is 4.98 Å². The number of amides is 1. The van der Waals surface area contributed by atoms with Crippen LogP contribution < -0.4 is 5.32 Å². The van der Waals surface area contributed by atoms with E-state index in [9.17, 15) is 4.79 Å². The zero-order valence-corrected chi connectivity index (χ0v) is 16.9. The molecule has 0 saturated carbocycles. The lowest BCUT2D eigenvalue weighted by Crippen LogP contribution is -2.33. The summed E-state index contributed by atoms with van der Waals surface area (Å²) >= 11 is 1.50. The van der Waals surface area contributed by atoms with E-state index in [1.807, 2.05) is 18.2 Å². The second-order valence-corrected chi connectivity index (χ2v) is 8.57. The molecule has 2 aromatic heterocycles. The van der Waals surface area contributed by atoms with Crippen molar-refractivity contribution in [1.29, 1.82) is 0 Å². The standard InChI is InChI=1S/C21H26N4OS/c1-13-5-4-8-25(10-13)11-17-12-27-21(23-17)24-20(26)16-6-7-19-18(9-16)14(2)15(3)22-19/h6-7,9,12-13,22H,4-5,8,10-11H2,1-3H3,(H,23,24,26)/t13-/m1/s1. The number of aromatic amines is 1. The van der Waals surface area contributed by atoms with Crippen molar-refractivity contribution in [1.82, 2.24) is 14.9 Å². The Morgan fingerprint density at radius 2 is 2.26 bits per heavy atom. The van der Waals surface area contributed by atoms with Crippen LogP contribution in [-0.2, 0) is 6.54 Å². The predicted octanol–water partition coefficient (Wildman–Crippen LogP) is 4.73. The number of aromatic nitrogens is 2. The number of carbonyl (C=O) groups is 1. The van der Waals surface area contributed by atoms with Gasteiger partial charge in [0.1, 0.15) is 0 Å². The molecule has 1 saturated heterocycles. The molecule has 1 aliphatic rings. The summed E-state index contributed by atoms with van der Waals surface area (Å²) in [5, 5.41) is 6.77. The molecule has 0 unspecified atom stereocenters. The highest BCUT2D eigenvalue weighted by Crippen LogP contribution is 2.24. The van der Waals surface area contributed by atoms with Crippen LogP contribution in [0.4, 0.5) is 5.13 Å². The van der Waals surface area contributed by atoms with Crippen molar-refractivity contribution in [3.05, 3.63) is 46.1 Å². The quantitative estimate of drug-likeness (QED) is 0.686. The molecule has 6 heteroatoms. The molecule has 0 spiro atoms. The van der Waals surface area contributed by atoms with Crippen molar-refractivity contribution in [2.45, 2.75) is 40.2 Å². The number of fused-ring (bicyclic) bond motifs is 1. The Kier molecular flexibility index (Phi) is 5.02. The van der Waals surface area contributed by atoms with Crippen molar-refractivity contribution in [3.63, 3.8) is 0 Å². The number of likely N-dealkylation sites (tertiary alicyclic amines) is 1. The van der Waals surface area contributed by atoms with E-state index in [-0.39, 0.29) is 5.91 Å². The number of hydrogen-bond acceptors (Lipinski definition) is 4. The van der Waals surface area contributed by atoms with E-state index in [4.69, 9.17) is 0 Å². The molecular formula is C21H26N4OS. The van der Waals surface area contributed by atoms with Gasteiger partial charge in [-0.15, -0.1) is 11.3 Å². The Labute approximate surface area is 163 Å². The Bertz CT molecular complexity index is 974. The monoisotopic (exact) mass is 382 g/mol. The Hall–Kier alpha value is -2.18. The van der Waals surface area contributed by atoms with Gasteiger partial charge in [-0.2, -0.15) is 0 Å². The molecule has 1 aliphatic heterocycles. The van der Waals surface area contributed by atoms with E-state index in [1.165, 1.54) is 29.7 Å². The number of carbonyl (C=O) groups excluding carboxylic acids is 1. The van der Waals surface area contributed by atoms with Crippen molar-refractivity contribution in [3.8, 4) is 0 Å². The fourth-order valence-electron chi connectivity index (χ4n) is 3.87. The zero-order chi connectivity index (χ0) is 19.0. The van der Waals surface area contributed by atoms with Gasteiger partial charge in [0, 0.05) is 40.6 Å². The first-order chi connectivity index (χ1) is 13.0. The average molecular weight is 383 g/mol. The summed E-state index contributed by atoms with van der Waals surface area (Å²) in [4.78, 5) is 23.1. The van der Waals surface area contributed by atoms with Crippen molar-refractivity contribution in [2.24, 2.45) is 5.92 Å². The predicted molar refractivity (Wildman–Crippen MR) is 112 cm³/mol. The normalized spacial score (nSPS) is 18.1.